The van der Waals surface area contributed by atoms with E-state index in [0.717, 1.165) is 17.5 Å². The highest BCUT2D eigenvalue weighted by molar-refractivity contribution is 7.22. The number of nitrogens with zero attached hydrogens (tertiary/aromatic N) is 2. The van der Waals surface area contributed by atoms with Crippen LogP contribution >= 0.6 is 11.3 Å². The molecule has 0 bridgehead atoms. The average molecular weight is 643 g/mol. The molecule has 11 heteroatoms. The standard InChI is InChI=1S/C35H34N2O8S/c1-5-8-16-44-24-15-12-20(17-26(24)43-7-3)30-29(31(38)27-18-21-10-9-11-25(41-4)33(21)45-27)32(39)34(40)37(30)35-36-23-14-13-22(42-6-2)19-28(23)46-35/h9-15,17-19,30,39H,5-8,16H2,1-4H3. The first-order chi connectivity index (χ1) is 22.4. The molecule has 1 unspecified atom stereocenters. The number of benzene rings is 3. The average Bonchev–Trinajstić information content (AvgIpc) is 3.75. The van der Waals surface area contributed by atoms with Crippen LogP contribution in [-0.4, -0.2) is 48.7 Å². The van der Waals surface area contributed by atoms with Crippen LogP contribution in [-0.2, 0) is 4.79 Å². The van der Waals surface area contributed by atoms with Crippen LogP contribution in [0.2, 0.25) is 0 Å². The smallest absolute Gasteiger partial charge is 0.296 e. The van der Waals surface area contributed by atoms with Crippen LogP contribution in [0.5, 0.6) is 23.0 Å². The number of aromatic nitrogens is 1. The Labute approximate surface area is 269 Å². The Balaban J connectivity index is 1.49. The molecule has 0 saturated carbocycles. The molecule has 3 aromatic carbocycles. The summed E-state index contributed by atoms with van der Waals surface area (Å²) in [6.07, 6.45) is 1.84. The van der Waals surface area contributed by atoms with E-state index in [0.29, 0.717) is 70.0 Å². The molecular weight excluding hydrogens is 608 g/mol. The van der Waals surface area contributed by atoms with E-state index in [1.807, 2.05) is 32.0 Å². The zero-order chi connectivity index (χ0) is 32.4. The minimum Gasteiger partial charge on any atom is -0.503 e. The van der Waals surface area contributed by atoms with E-state index >= 15 is 0 Å². The molecule has 5 aromatic rings. The first-order valence-electron chi connectivity index (χ1n) is 15.2. The summed E-state index contributed by atoms with van der Waals surface area (Å²) in [5.41, 5.74) is 1.41. The minimum atomic E-state index is -1.05. The molecule has 0 radical (unpaired) electrons. The maximum atomic E-state index is 14.3. The van der Waals surface area contributed by atoms with E-state index in [9.17, 15) is 14.7 Å². The van der Waals surface area contributed by atoms with E-state index < -0.39 is 23.5 Å². The lowest BCUT2D eigenvalue weighted by Crippen LogP contribution is -2.31. The fraction of sp³-hybridized carbons (Fsp3) is 0.286. The summed E-state index contributed by atoms with van der Waals surface area (Å²) in [6, 6.07) is 16.6. The molecule has 46 heavy (non-hydrogen) atoms. The largest absolute Gasteiger partial charge is 0.503 e. The van der Waals surface area contributed by atoms with Gasteiger partial charge < -0.3 is 28.5 Å². The molecule has 6 rings (SSSR count). The van der Waals surface area contributed by atoms with Gasteiger partial charge in [0.05, 0.1) is 48.8 Å². The van der Waals surface area contributed by atoms with Gasteiger partial charge in [-0.2, -0.15) is 0 Å². The third-order valence-electron chi connectivity index (χ3n) is 7.61. The van der Waals surface area contributed by atoms with Crippen molar-refractivity contribution in [2.45, 2.75) is 39.7 Å². The quantitative estimate of drug-likeness (QED) is 0.101. The number of carbonyl (C=O) groups excluding carboxylic acids is 2. The summed E-state index contributed by atoms with van der Waals surface area (Å²) >= 11 is 1.26. The number of fused-ring (bicyclic) bond motifs is 2. The van der Waals surface area contributed by atoms with Crippen molar-refractivity contribution < 1.29 is 38.1 Å². The van der Waals surface area contributed by atoms with Crippen molar-refractivity contribution in [2.75, 3.05) is 31.8 Å². The van der Waals surface area contributed by atoms with E-state index in [-0.39, 0.29) is 11.3 Å². The van der Waals surface area contributed by atoms with E-state index in [1.165, 1.54) is 23.3 Å². The number of anilines is 1. The van der Waals surface area contributed by atoms with Gasteiger partial charge in [-0.15, -0.1) is 0 Å². The summed E-state index contributed by atoms with van der Waals surface area (Å²) in [5, 5.41) is 12.3. The molecule has 3 heterocycles. The monoisotopic (exact) mass is 642 g/mol. The van der Waals surface area contributed by atoms with Gasteiger partial charge >= 0.3 is 0 Å². The van der Waals surface area contributed by atoms with Crippen molar-refractivity contribution in [1.82, 2.24) is 4.98 Å². The topological polar surface area (TPSA) is 121 Å². The van der Waals surface area contributed by atoms with Gasteiger partial charge in [-0.25, -0.2) is 4.98 Å². The van der Waals surface area contributed by atoms with Crippen LogP contribution in [0, 0.1) is 0 Å². The molecule has 238 valence electrons. The number of unbranched alkanes of at least 4 members (excludes halogenated alkanes) is 1. The van der Waals surface area contributed by atoms with Crippen molar-refractivity contribution in [2.24, 2.45) is 0 Å². The summed E-state index contributed by atoms with van der Waals surface area (Å²) in [6.45, 7) is 7.23. The lowest BCUT2D eigenvalue weighted by Gasteiger charge is -2.25. The van der Waals surface area contributed by atoms with Crippen molar-refractivity contribution in [1.29, 1.82) is 0 Å². The van der Waals surface area contributed by atoms with Crippen molar-refractivity contribution in [3.63, 3.8) is 0 Å². The van der Waals surface area contributed by atoms with Crippen LogP contribution in [0.3, 0.4) is 0 Å². The van der Waals surface area contributed by atoms with Crippen molar-refractivity contribution >= 4 is 49.3 Å². The highest BCUT2D eigenvalue weighted by Gasteiger charge is 2.47. The summed E-state index contributed by atoms with van der Waals surface area (Å²) in [5.74, 6) is 0.00594. The molecule has 0 spiro atoms. The van der Waals surface area contributed by atoms with Crippen molar-refractivity contribution in [3.05, 3.63) is 83.3 Å². The predicted octanol–water partition coefficient (Wildman–Crippen LogP) is 7.81. The van der Waals surface area contributed by atoms with Gasteiger partial charge in [-0.3, -0.25) is 14.5 Å². The first kappa shape index (κ1) is 31.0. The lowest BCUT2D eigenvalue weighted by molar-refractivity contribution is -0.117. The number of ketones is 1. The van der Waals surface area contributed by atoms with Crippen LogP contribution in [0.4, 0.5) is 5.13 Å². The SMILES string of the molecule is CCCCOc1ccc(C2C(C(=O)c3cc4cccc(OC)c4o3)=C(O)C(=O)N2c2nc3ccc(OCC)cc3s2)cc1OCC. The second-order valence-electron chi connectivity index (χ2n) is 10.6. The number of Topliss-reactive ketones (excluding diaryl/α,β-unsaturated/α-hetero) is 1. The number of amides is 1. The maximum absolute atomic E-state index is 14.3. The van der Waals surface area contributed by atoms with E-state index in [1.54, 1.807) is 42.5 Å². The second-order valence-corrected chi connectivity index (χ2v) is 11.6. The Bertz CT molecular complexity index is 1960. The third-order valence-corrected chi connectivity index (χ3v) is 8.63. The van der Waals surface area contributed by atoms with Crippen LogP contribution in [0.1, 0.15) is 55.8 Å². The van der Waals surface area contributed by atoms with Crippen molar-refractivity contribution in [3.8, 4) is 23.0 Å². The number of rotatable bonds is 13. The highest BCUT2D eigenvalue weighted by Crippen LogP contribution is 2.46. The molecular formula is C35H34N2O8S. The van der Waals surface area contributed by atoms with Crippen LogP contribution < -0.4 is 23.8 Å². The lowest BCUT2D eigenvalue weighted by atomic mass is 9.95. The number of carbonyl (C=O) groups is 2. The second kappa shape index (κ2) is 13.1. The predicted molar refractivity (Wildman–Crippen MR) is 176 cm³/mol. The Kier molecular flexibility index (Phi) is 8.85. The Morgan fingerprint density at radius 1 is 0.978 bits per heavy atom. The molecule has 1 amide bonds. The number of thiazole rings is 1. The molecule has 0 fully saturated rings. The summed E-state index contributed by atoms with van der Waals surface area (Å²) < 4.78 is 29.8. The van der Waals surface area contributed by atoms with E-state index in [4.69, 9.17) is 28.3 Å². The van der Waals surface area contributed by atoms with Gasteiger partial charge in [0.1, 0.15) is 5.75 Å². The molecule has 1 aliphatic heterocycles. The Hall–Kier alpha value is -5.03. The molecule has 10 nitrogen and oxygen atoms in total. The van der Waals surface area contributed by atoms with Gasteiger partial charge in [0.2, 0.25) is 5.78 Å². The minimum absolute atomic E-state index is 0.0455. The van der Waals surface area contributed by atoms with Gasteiger partial charge in [0, 0.05) is 5.39 Å². The number of ether oxygens (including phenoxy) is 4. The molecule has 1 atom stereocenters. The Morgan fingerprint density at radius 2 is 1.80 bits per heavy atom. The number of furan rings is 1. The fourth-order valence-electron chi connectivity index (χ4n) is 5.45. The van der Waals surface area contributed by atoms with Gasteiger partial charge in [-0.1, -0.05) is 42.9 Å². The Morgan fingerprint density at radius 3 is 2.57 bits per heavy atom. The number of hydrogen-bond donors (Lipinski definition) is 1. The summed E-state index contributed by atoms with van der Waals surface area (Å²) in [7, 11) is 1.51. The molecule has 1 aliphatic rings. The first-order valence-corrected chi connectivity index (χ1v) is 16.0. The van der Waals surface area contributed by atoms with Crippen LogP contribution in [0.15, 0.2) is 76.4 Å². The van der Waals surface area contributed by atoms with Crippen LogP contribution in [0.25, 0.3) is 21.2 Å². The summed E-state index contributed by atoms with van der Waals surface area (Å²) in [4.78, 5) is 34.2. The maximum Gasteiger partial charge on any atom is 0.296 e. The van der Waals surface area contributed by atoms with Gasteiger partial charge in [0.15, 0.2) is 39.5 Å². The van der Waals surface area contributed by atoms with Gasteiger partial charge in [0.25, 0.3) is 5.91 Å². The molecule has 1 N–H and O–H groups in total. The number of para-hydroxylation sites is 1. The van der Waals surface area contributed by atoms with Gasteiger partial charge in [-0.05, 0) is 68.3 Å². The van der Waals surface area contributed by atoms with E-state index in [2.05, 4.69) is 6.92 Å². The fourth-order valence-corrected chi connectivity index (χ4v) is 6.47. The molecule has 0 aliphatic carbocycles. The molecule has 0 saturated heterocycles. The third kappa shape index (κ3) is 5.62. The number of aliphatic hydroxyl groups is 1. The highest BCUT2D eigenvalue weighted by atomic mass is 32.1. The number of hydrogen-bond acceptors (Lipinski definition) is 10. The molecule has 2 aromatic heterocycles. The zero-order valence-corrected chi connectivity index (χ0v) is 26.8. The number of aliphatic hydroxyl groups excluding tert-OH is 1. The zero-order valence-electron chi connectivity index (χ0n) is 26.0. The number of methoxy groups -OCH3 is 1. The normalized spacial score (nSPS) is 14.8.